The lowest BCUT2D eigenvalue weighted by Gasteiger charge is -2.09. The first kappa shape index (κ1) is 22.8. The van der Waals surface area contributed by atoms with Gasteiger partial charge in [-0.1, -0.05) is 72.8 Å². The number of benzene rings is 4. The minimum Gasteiger partial charge on any atom is -0.489 e. The van der Waals surface area contributed by atoms with Gasteiger partial charge in [0.2, 0.25) is 5.91 Å². The Morgan fingerprint density at radius 1 is 0.800 bits per heavy atom. The molecule has 5 rings (SSSR count). The number of carbonyl (C=O) groups is 1. The maximum Gasteiger partial charge on any atom is 0.224 e. The van der Waals surface area contributed by atoms with Gasteiger partial charge in [0.25, 0.3) is 0 Å². The molecule has 5 aromatic rings. The number of thiophene rings is 1. The molecule has 0 aliphatic rings. The van der Waals surface area contributed by atoms with Crippen LogP contribution in [-0.4, -0.2) is 5.91 Å². The van der Waals surface area contributed by atoms with E-state index in [4.69, 9.17) is 4.74 Å². The molecule has 0 atom stereocenters. The first-order valence-corrected chi connectivity index (χ1v) is 12.3. The first-order valence-electron chi connectivity index (χ1n) is 11.5. The van der Waals surface area contributed by atoms with Crippen molar-refractivity contribution in [3.8, 4) is 16.2 Å². The van der Waals surface area contributed by atoms with E-state index in [0.29, 0.717) is 19.4 Å². The number of hydrogen-bond acceptors (Lipinski definition) is 3. The van der Waals surface area contributed by atoms with E-state index in [0.717, 1.165) is 43.1 Å². The Morgan fingerprint density at radius 3 is 2.29 bits per heavy atom. The van der Waals surface area contributed by atoms with Crippen molar-refractivity contribution >= 4 is 33.0 Å². The van der Waals surface area contributed by atoms with Gasteiger partial charge in [-0.15, -0.1) is 11.3 Å². The maximum absolute atomic E-state index is 13.5. The highest BCUT2D eigenvalue weighted by atomic mass is 32.1. The summed E-state index contributed by atoms with van der Waals surface area (Å²) in [5, 5.41) is 4.11. The van der Waals surface area contributed by atoms with Crippen LogP contribution in [-0.2, 0) is 17.8 Å². The summed E-state index contributed by atoms with van der Waals surface area (Å²) in [6.45, 7) is 0.521. The van der Waals surface area contributed by atoms with E-state index in [1.165, 1.54) is 12.1 Å². The summed E-state index contributed by atoms with van der Waals surface area (Å²) in [5.74, 6) is 0.467. The number of nitrogens with one attached hydrogen (secondary N) is 1. The summed E-state index contributed by atoms with van der Waals surface area (Å²) in [5.41, 5.74) is 3.86. The molecular formula is C30H24FNO2S. The zero-order valence-corrected chi connectivity index (χ0v) is 19.9. The van der Waals surface area contributed by atoms with E-state index >= 15 is 0 Å². The van der Waals surface area contributed by atoms with Crippen molar-refractivity contribution in [2.45, 2.75) is 19.4 Å². The minimum absolute atomic E-state index is 0.0543. The van der Waals surface area contributed by atoms with E-state index in [2.05, 4.69) is 5.32 Å². The lowest BCUT2D eigenvalue weighted by atomic mass is 10.1. The summed E-state index contributed by atoms with van der Waals surface area (Å²) in [6, 6.07) is 32.3. The molecule has 5 heteroatoms. The SMILES string of the molecule is O=C(CCc1ccc(OCc2ccccc2)cc1)Nc1c(-c2ccc(F)cc2)sc2ccccc12. The molecule has 0 saturated carbocycles. The van der Waals surface area contributed by atoms with Gasteiger partial charge in [-0.3, -0.25) is 4.79 Å². The molecule has 0 radical (unpaired) electrons. The fourth-order valence-corrected chi connectivity index (χ4v) is 5.09. The fourth-order valence-electron chi connectivity index (χ4n) is 3.93. The number of aryl methyl sites for hydroxylation is 1. The van der Waals surface area contributed by atoms with Crippen LogP contribution in [0.15, 0.2) is 103 Å². The smallest absolute Gasteiger partial charge is 0.224 e. The number of amides is 1. The van der Waals surface area contributed by atoms with E-state index in [1.54, 1.807) is 23.5 Å². The zero-order chi connectivity index (χ0) is 24.0. The minimum atomic E-state index is -0.281. The normalized spacial score (nSPS) is 10.9. The van der Waals surface area contributed by atoms with Gasteiger partial charge >= 0.3 is 0 Å². The van der Waals surface area contributed by atoms with Crippen molar-refractivity contribution in [1.82, 2.24) is 0 Å². The molecule has 0 fully saturated rings. The fraction of sp³-hybridized carbons (Fsp3) is 0.100. The Labute approximate surface area is 207 Å². The van der Waals surface area contributed by atoms with Gasteiger partial charge in [0.1, 0.15) is 18.2 Å². The molecule has 0 unspecified atom stereocenters. The van der Waals surface area contributed by atoms with Crippen molar-refractivity contribution in [2.75, 3.05) is 5.32 Å². The highest BCUT2D eigenvalue weighted by Gasteiger charge is 2.16. The first-order chi connectivity index (χ1) is 17.2. The second-order valence-corrected chi connectivity index (χ2v) is 9.33. The predicted molar refractivity (Wildman–Crippen MR) is 141 cm³/mol. The van der Waals surface area contributed by atoms with Gasteiger partial charge in [-0.2, -0.15) is 0 Å². The second kappa shape index (κ2) is 10.5. The summed E-state index contributed by atoms with van der Waals surface area (Å²) < 4.78 is 20.4. The lowest BCUT2D eigenvalue weighted by Crippen LogP contribution is -2.12. The number of hydrogen-bond donors (Lipinski definition) is 1. The number of rotatable bonds is 8. The highest BCUT2D eigenvalue weighted by molar-refractivity contribution is 7.23. The molecule has 4 aromatic carbocycles. The molecule has 0 spiro atoms. The van der Waals surface area contributed by atoms with Gasteiger partial charge in [0.15, 0.2) is 0 Å². The molecule has 1 heterocycles. The molecule has 0 aliphatic carbocycles. The number of carbonyl (C=O) groups excluding carboxylic acids is 1. The van der Waals surface area contributed by atoms with Crippen LogP contribution in [0.2, 0.25) is 0 Å². The van der Waals surface area contributed by atoms with Crippen molar-refractivity contribution in [3.63, 3.8) is 0 Å². The van der Waals surface area contributed by atoms with E-state index in [1.807, 2.05) is 78.9 Å². The molecule has 3 nitrogen and oxygen atoms in total. The monoisotopic (exact) mass is 481 g/mol. The number of ether oxygens (including phenoxy) is 1. The lowest BCUT2D eigenvalue weighted by molar-refractivity contribution is -0.116. The number of anilines is 1. The second-order valence-electron chi connectivity index (χ2n) is 8.28. The summed E-state index contributed by atoms with van der Waals surface area (Å²) in [6.07, 6.45) is 0.982. The predicted octanol–water partition coefficient (Wildman–Crippen LogP) is 7.86. The Bertz CT molecular complexity index is 1430. The average molecular weight is 482 g/mol. The number of fused-ring (bicyclic) bond motifs is 1. The third kappa shape index (κ3) is 5.58. The van der Waals surface area contributed by atoms with Crippen molar-refractivity contribution in [3.05, 3.63) is 120 Å². The third-order valence-electron chi connectivity index (χ3n) is 5.78. The van der Waals surface area contributed by atoms with Gasteiger partial charge < -0.3 is 10.1 Å². The van der Waals surface area contributed by atoms with Gasteiger partial charge in [0.05, 0.1) is 10.6 Å². The summed E-state index contributed by atoms with van der Waals surface area (Å²) >= 11 is 1.59. The van der Waals surface area contributed by atoms with Crippen LogP contribution in [0.25, 0.3) is 20.5 Å². The Morgan fingerprint density at radius 2 is 1.51 bits per heavy atom. The Kier molecular flexibility index (Phi) is 6.87. The van der Waals surface area contributed by atoms with E-state index < -0.39 is 0 Å². The van der Waals surface area contributed by atoms with Crippen LogP contribution < -0.4 is 10.1 Å². The Balaban J connectivity index is 1.24. The van der Waals surface area contributed by atoms with E-state index in [9.17, 15) is 9.18 Å². The third-order valence-corrected chi connectivity index (χ3v) is 7.00. The van der Waals surface area contributed by atoms with Crippen molar-refractivity contribution in [1.29, 1.82) is 0 Å². The quantitative estimate of drug-likeness (QED) is 0.245. The summed E-state index contributed by atoms with van der Waals surface area (Å²) in [7, 11) is 0. The maximum atomic E-state index is 13.5. The van der Waals surface area contributed by atoms with Crippen LogP contribution in [0.3, 0.4) is 0 Å². The van der Waals surface area contributed by atoms with Crippen molar-refractivity contribution in [2.24, 2.45) is 0 Å². The van der Waals surface area contributed by atoms with E-state index in [-0.39, 0.29) is 11.7 Å². The molecule has 1 amide bonds. The number of halogens is 1. The standard InChI is InChI=1S/C30H24FNO2S/c31-24-15-13-23(14-16-24)30-29(26-8-4-5-9-27(26)35-30)32-28(33)19-12-21-10-17-25(18-11-21)34-20-22-6-2-1-3-7-22/h1-11,13-18H,12,19-20H2,(H,32,33). The molecule has 0 saturated heterocycles. The van der Waals surface area contributed by atoms with Crippen LogP contribution >= 0.6 is 11.3 Å². The van der Waals surface area contributed by atoms with Gasteiger partial charge in [0, 0.05) is 16.5 Å². The topological polar surface area (TPSA) is 38.3 Å². The molecule has 174 valence electrons. The van der Waals surface area contributed by atoms with Gasteiger partial charge in [-0.05, 0) is 53.4 Å². The van der Waals surface area contributed by atoms with Crippen molar-refractivity contribution < 1.29 is 13.9 Å². The van der Waals surface area contributed by atoms with Crippen LogP contribution in [0.5, 0.6) is 5.75 Å². The van der Waals surface area contributed by atoms with Gasteiger partial charge in [-0.25, -0.2) is 4.39 Å². The van der Waals surface area contributed by atoms with Crippen LogP contribution in [0, 0.1) is 5.82 Å². The molecule has 0 aliphatic heterocycles. The average Bonchev–Trinajstić information content (AvgIpc) is 3.26. The highest BCUT2D eigenvalue weighted by Crippen LogP contribution is 2.42. The molecule has 1 aromatic heterocycles. The van der Waals surface area contributed by atoms with Crippen LogP contribution in [0.4, 0.5) is 10.1 Å². The largest absolute Gasteiger partial charge is 0.489 e. The molecule has 35 heavy (non-hydrogen) atoms. The molecule has 1 N–H and O–H groups in total. The molecule has 0 bridgehead atoms. The Hall–Kier alpha value is -3.96. The molecular weight excluding hydrogens is 457 g/mol. The van der Waals surface area contributed by atoms with Crippen LogP contribution in [0.1, 0.15) is 17.5 Å². The summed E-state index contributed by atoms with van der Waals surface area (Å²) in [4.78, 5) is 13.8. The zero-order valence-electron chi connectivity index (χ0n) is 19.0.